The van der Waals surface area contributed by atoms with Gasteiger partial charge in [0.25, 0.3) is 5.91 Å². The molecule has 0 radical (unpaired) electrons. The first-order chi connectivity index (χ1) is 12.9. The molecule has 0 aromatic heterocycles. The molecular weight excluding hydrogens is 355 g/mol. The van der Waals surface area contributed by atoms with Crippen molar-refractivity contribution in [3.63, 3.8) is 0 Å². The molecule has 0 aliphatic carbocycles. The van der Waals surface area contributed by atoms with Crippen LogP contribution in [0.15, 0.2) is 48.5 Å². The number of ether oxygens (including phenoxy) is 2. The Hall–Kier alpha value is -3.42. The fraction of sp³-hybridized carbons (Fsp3) is 0.211. The molecule has 8 heteroatoms. The van der Waals surface area contributed by atoms with Gasteiger partial charge in [-0.15, -0.1) is 0 Å². The van der Waals surface area contributed by atoms with E-state index in [9.17, 15) is 18.8 Å². The molecule has 1 N–H and O–H groups in total. The summed E-state index contributed by atoms with van der Waals surface area (Å²) in [6.45, 7) is 0.770. The average molecular weight is 372 g/mol. The number of hydrogen-bond acceptors (Lipinski definition) is 5. The Morgan fingerprint density at radius 1 is 1.19 bits per heavy atom. The number of benzene rings is 2. The lowest BCUT2D eigenvalue weighted by molar-refractivity contribution is -0.154. The van der Waals surface area contributed by atoms with Gasteiger partial charge < -0.3 is 14.8 Å². The molecule has 0 unspecified atom stereocenters. The summed E-state index contributed by atoms with van der Waals surface area (Å²) in [5, 5.41) is 2.67. The monoisotopic (exact) mass is 372 g/mol. The van der Waals surface area contributed by atoms with Gasteiger partial charge in [-0.1, -0.05) is 12.1 Å². The standard InChI is InChI=1S/C19H17FN2O5/c1-12(27-14-8-6-13(20)7-9-14)19(25)26-11-18(24)22-10-17(23)21-15-4-2-3-5-16(15)22/h2-9,12H,10-11H2,1H3,(H,21,23)/t12-/m0/s1. The highest BCUT2D eigenvalue weighted by molar-refractivity contribution is 6.10. The van der Waals surface area contributed by atoms with Gasteiger partial charge in [-0.3, -0.25) is 14.5 Å². The molecule has 0 bridgehead atoms. The number of amides is 2. The third kappa shape index (κ3) is 4.41. The fourth-order valence-electron chi connectivity index (χ4n) is 2.55. The van der Waals surface area contributed by atoms with Crippen molar-refractivity contribution in [1.82, 2.24) is 0 Å². The summed E-state index contributed by atoms with van der Waals surface area (Å²) in [7, 11) is 0. The number of nitrogens with zero attached hydrogens (tertiary/aromatic N) is 1. The number of carbonyl (C=O) groups is 3. The van der Waals surface area contributed by atoms with Crippen LogP contribution in [0, 0.1) is 5.82 Å². The first-order valence-electron chi connectivity index (χ1n) is 8.22. The number of carbonyl (C=O) groups excluding carboxylic acids is 3. The normalized spacial score (nSPS) is 14.0. The van der Waals surface area contributed by atoms with E-state index >= 15 is 0 Å². The van der Waals surface area contributed by atoms with Gasteiger partial charge in [-0.25, -0.2) is 9.18 Å². The van der Waals surface area contributed by atoms with Crippen molar-refractivity contribution in [3.05, 3.63) is 54.3 Å². The van der Waals surface area contributed by atoms with Crippen LogP contribution in [0.25, 0.3) is 0 Å². The van der Waals surface area contributed by atoms with E-state index in [0.717, 1.165) is 0 Å². The van der Waals surface area contributed by atoms with Crippen molar-refractivity contribution in [2.24, 2.45) is 0 Å². The molecule has 1 heterocycles. The van der Waals surface area contributed by atoms with Crippen LogP contribution in [0.1, 0.15) is 6.92 Å². The number of anilines is 2. The number of hydrogen-bond donors (Lipinski definition) is 1. The van der Waals surface area contributed by atoms with E-state index in [4.69, 9.17) is 9.47 Å². The molecule has 2 amide bonds. The van der Waals surface area contributed by atoms with Gasteiger partial charge in [0.05, 0.1) is 11.4 Å². The van der Waals surface area contributed by atoms with Crippen LogP contribution in [-0.4, -0.2) is 37.0 Å². The van der Waals surface area contributed by atoms with Crippen molar-refractivity contribution in [3.8, 4) is 5.75 Å². The lowest BCUT2D eigenvalue weighted by Gasteiger charge is -2.29. The van der Waals surface area contributed by atoms with Crippen molar-refractivity contribution in [1.29, 1.82) is 0 Å². The zero-order chi connectivity index (χ0) is 19.4. The van der Waals surface area contributed by atoms with Gasteiger partial charge in [0.15, 0.2) is 12.7 Å². The Morgan fingerprint density at radius 2 is 1.89 bits per heavy atom. The van der Waals surface area contributed by atoms with E-state index in [1.807, 2.05) is 0 Å². The molecular formula is C19H17FN2O5. The molecule has 7 nitrogen and oxygen atoms in total. The molecule has 1 atom stereocenters. The summed E-state index contributed by atoms with van der Waals surface area (Å²) in [5.74, 6) is -1.73. The third-order valence-corrected chi connectivity index (χ3v) is 3.87. The minimum atomic E-state index is -0.986. The Labute approximate surface area is 154 Å². The van der Waals surface area contributed by atoms with Gasteiger partial charge in [0.1, 0.15) is 18.1 Å². The van der Waals surface area contributed by atoms with Crippen LogP contribution in [-0.2, 0) is 19.1 Å². The Morgan fingerprint density at radius 3 is 2.63 bits per heavy atom. The second-order valence-corrected chi connectivity index (χ2v) is 5.87. The number of nitrogens with one attached hydrogen (secondary N) is 1. The Kier molecular flexibility index (Phi) is 5.35. The number of rotatable bonds is 5. The SMILES string of the molecule is C[C@H](Oc1ccc(F)cc1)C(=O)OCC(=O)N1CC(=O)Nc2ccccc21. The Bertz CT molecular complexity index is 869. The number of para-hydroxylation sites is 2. The van der Waals surface area contributed by atoms with Gasteiger partial charge in [-0.2, -0.15) is 0 Å². The van der Waals surface area contributed by atoms with Gasteiger partial charge >= 0.3 is 5.97 Å². The zero-order valence-electron chi connectivity index (χ0n) is 14.5. The van der Waals surface area contributed by atoms with Crippen LogP contribution in [0.5, 0.6) is 5.75 Å². The summed E-state index contributed by atoms with van der Waals surface area (Å²) in [6, 6.07) is 12.0. The number of halogens is 1. The van der Waals surface area contributed by atoms with Crippen molar-refractivity contribution in [2.45, 2.75) is 13.0 Å². The molecule has 2 aromatic rings. The van der Waals surface area contributed by atoms with E-state index < -0.39 is 30.4 Å². The summed E-state index contributed by atoms with van der Waals surface area (Å²) < 4.78 is 23.2. The molecule has 27 heavy (non-hydrogen) atoms. The highest BCUT2D eigenvalue weighted by Crippen LogP contribution is 2.28. The lowest BCUT2D eigenvalue weighted by atomic mass is 10.2. The molecule has 3 rings (SSSR count). The highest BCUT2D eigenvalue weighted by Gasteiger charge is 2.28. The number of esters is 1. The van der Waals surface area contributed by atoms with E-state index in [1.165, 1.54) is 36.1 Å². The maximum Gasteiger partial charge on any atom is 0.347 e. The number of fused-ring (bicyclic) bond motifs is 1. The molecule has 1 aliphatic rings. The first-order valence-corrected chi connectivity index (χ1v) is 8.22. The zero-order valence-corrected chi connectivity index (χ0v) is 14.5. The topological polar surface area (TPSA) is 84.9 Å². The van der Waals surface area contributed by atoms with Crippen LogP contribution in [0.4, 0.5) is 15.8 Å². The maximum absolute atomic E-state index is 12.9. The quantitative estimate of drug-likeness (QED) is 0.813. The van der Waals surface area contributed by atoms with Crippen LogP contribution in [0.3, 0.4) is 0 Å². The smallest absolute Gasteiger partial charge is 0.347 e. The average Bonchev–Trinajstić information content (AvgIpc) is 2.66. The molecule has 2 aromatic carbocycles. The lowest BCUT2D eigenvalue weighted by Crippen LogP contribution is -2.44. The van der Waals surface area contributed by atoms with E-state index in [2.05, 4.69) is 5.32 Å². The van der Waals surface area contributed by atoms with Crippen LogP contribution in [0.2, 0.25) is 0 Å². The Balaban J connectivity index is 1.58. The second kappa shape index (κ2) is 7.86. The molecule has 1 aliphatic heterocycles. The fourth-order valence-corrected chi connectivity index (χ4v) is 2.55. The molecule has 0 saturated carbocycles. The van der Waals surface area contributed by atoms with Crippen LogP contribution < -0.4 is 15.0 Å². The minimum Gasteiger partial charge on any atom is -0.479 e. The minimum absolute atomic E-state index is 0.158. The third-order valence-electron chi connectivity index (χ3n) is 3.87. The molecule has 0 spiro atoms. The largest absolute Gasteiger partial charge is 0.479 e. The van der Waals surface area contributed by atoms with E-state index in [-0.39, 0.29) is 12.5 Å². The summed E-state index contributed by atoms with van der Waals surface area (Å²) in [5.41, 5.74) is 1.05. The highest BCUT2D eigenvalue weighted by atomic mass is 19.1. The molecule has 0 fully saturated rings. The van der Waals surface area contributed by atoms with Gasteiger partial charge in [-0.05, 0) is 43.3 Å². The van der Waals surface area contributed by atoms with E-state index in [1.54, 1.807) is 24.3 Å². The maximum atomic E-state index is 12.9. The summed E-state index contributed by atoms with van der Waals surface area (Å²) in [4.78, 5) is 37.5. The van der Waals surface area contributed by atoms with Crippen molar-refractivity contribution in [2.75, 3.05) is 23.4 Å². The van der Waals surface area contributed by atoms with E-state index in [0.29, 0.717) is 17.1 Å². The van der Waals surface area contributed by atoms with Gasteiger partial charge in [0, 0.05) is 0 Å². The molecule has 140 valence electrons. The predicted molar refractivity (Wildman–Crippen MR) is 94.9 cm³/mol. The van der Waals surface area contributed by atoms with Gasteiger partial charge in [0.2, 0.25) is 5.91 Å². The first kappa shape index (κ1) is 18.4. The summed E-state index contributed by atoms with van der Waals surface area (Å²) in [6.07, 6.45) is -0.986. The van der Waals surface area contributed by atoms with Crippen molar-refractivity contribution < 1.29 is 28.2 Å². The molecule has 0 saturated heterocycles. The van der Waals surface area contributed by atoms with Crippen molar-refractivity contribution >= 4 is 29.2 Å². The van der Waals surface area contributed by atoms with Crippen LogP contribution >= 0.6 is 0 Å². The predicted octanol–water partition coefficient (Wildman–Crippen LogP) is 2.12. The second-order valence-electron chi connectivity index (χ2n) is 5.87. The summed E-state index contributed by atoms with van der Waals surface area (Å²) >= 11 is 0.